The summed E-state index contributed by atoms with van der Waals surface area (Å²) in [6.07, 6.45) is 8.40. The number of nitrogens with zero attached hydrogens (tertiary/aromatic N) is 2. The molecule has 1 saturated heterocycles. The fourth-order valence-corrected chi connectivity index (χ4v) is 7.12. The second kappa shape index (κ2) is 7.99. The molecule has 30 heavy (non-hydrogen) atoms. The fourth-order valence-electron chi connectivity index (χ4n) is 7.12. The Morgan fingerprint density at radius 3 is 2.03 bits per heavy atom. The van der Waals surface area contributed by atoms with Crippen LogP contribution in [0.5, 0.6) is 0 Å². The van der Waals surface area contributed by atoms with Crippen molar-refractivity contribution in [2.24, 2.45) is 23.2 Å². The first kappa shape index (κ1) is 20.0. The highest BCUT2D eigenvalue weighted by atomic mass is 16.2. The van der Waals surface area contributed by atoms with Crippen LogP contribution in [0.4, 0.5) is 5.69 Å². The maximum absolute atomic E-state index is 12.7. The molecule has 162 valence electrons. The smallest absolute Gasteiger partial charge is 0.234 e. The summed E-state index contributed by atoms with van der Waals surface area (Å²) in [7, 11) is 0. The van der Waals surface area contributed by atoms with Crippen molar-refractivity contribution in [1.82, 2.24) is 10.2 Å². The number of anilines is 1. The molecule has 1 N–H and O–H groups in total. The van der Waals surface area contributed by atoms with Crippen molar-refractivity contribution in [3.05, 3.63) is 29.8 Å². The van der Waals surface area contributed by atoms with E-state index in [-0.39, 0.29) is 11.7 Å². The largest absolute Gasteiger partial charge is 0.369 e. The summed E-state index contributed by atoms with van der Waals surface area (Å²) in [4.78, 5) is 28.7. The zero-order chi connectivity index (χ0) is 20.7. The highest BCUT2D eigenvalue weighted by Crippen LogP contribution is 2.59. The van der Waals surface area contributed by atoms with E-state index in [4.69, 9.17) is 0 Å². The third-order valence-corrected chi connectivity index (χ3v) is 8.20. The lowest BCUT2D eigenvalue weighted by atomic mass is 9.49. The molecule has 1 aromatic carbocycles. The summed E-state index contributed by atoms with van der Waals surface area (Å²) in [6.45, 7) is 6.66. The van der Waals surface area contributed by atoms with Gasteiger partial charge in [-0.1, -0.05) is 0 Å². The van der Waals surface area contributed by atoms with Gasteiger partial charge < -0.3 is 10.2 Å². The number of nitrogens with one attached hydrogen (secondary N) is 1. The van der Waals surface area contributed by atoms with E-state index in [0.717, 1.165) is 61.7 Å². The third kappa shape index (κ3) is 4.14. The van der Waals surface area contributed by atoms with E-state index < -0.39 is 0 Å². The third-order valence-electron chi connectivity index (χ3n) is 8.20. The Morgan fingerprint density at radius 1 is 0.933 bits per heavy atom. The molecule has 5 fully saturated rings. The molecule has 1 heterocycles. The van der Waals surface area contributed by atoms with Gasteiger partial charge in [-0.2, -0.15) is 0 Å². The molecule has 0 atom stereocenters. The molecule has 6 rings (SSSR count). The Labute approximate surface area is 180 Å². The minimum atomic E-state index is 0.103. The molecule has 1 aliphatic heterocycles. The van der Waals surface area contributed by atoms with E-state index in [2.05, 4.69) is 15.1 Å². The minimum Gasteiger partial charge on any atom is -0.369 e. The number of hydrogen-bond donors (Lipinski definition) is 1. The number of piperazine rings is 1. The molecule has 1 aromatic rings. The summed E-state index contributed by atoms with van der Waals surface area (Å²) in [5.41, 5.74) is 2.33. The van der Waals surface area contributed by atoms with E-state index in [9.17, 15) is 9.59 Å². The SMILES string of the molecule is CC(=O)c1ccc(N2CCN(CC(=O)NCC34CC5CC(CC(C5)C3)C4)CC2)cc1. The zero-order valence-electron chi connectivity index (χ0n) is 18.2. The molecular formula is C25H35N3O2. The standard InChI is InChI=1S/C25H35N3O2/c1-18(29)22-2-4-23(5-3-22)28-8-6-27(7-9-28)16-24(30)26-17-25-13-19-10-20(14-25)12-21(11-19)15-25/h2-5,19-21H,6-17H2,1H3,(H,26,30). The van der Waals surface area contributed by atoms with Crippen LogP contribution >= 0.6 is 0 Å². The fraction of sp³-hybridized carbons (Fsp3) is 0.680. The highest BCUT2D eigenvalue weighted by molar-refractivity contribution is 5.94. The van der Waals surface area contributed by atoms with Crippen LogP contribution in [0.2, 0.25) is 0 Å². The van der Waals surface area contributed by atoms with Gasteiger partial charge in [0.05, 0.1) is 6.54 Å². The predicted octanol–water partition coefficient (Wildman–Crippen LogP) is 3.34. The number of amides is 1. The van der Waals surface area contributed by atoms with Crippen molar-refractivity contribution < 1.29 is 9.59 Å². The molecular weight excluding hydrogens is 374 g/mol. The first-order valence-corrected chi connectivity index (χ1v) is 11.8. The van der Waals surface area contributed by atoms with Crippen molar-refractivity contribution in [2.75, 3.05) is 44.2 Å². The normalized spacial score (nSPS) is 33.0. The molecule has 5 heteroatoms. The number of benzene rings is 1. The van der Waals surface area contributed by atoms with Gasteiger partial charge in [0.15, 0.2) is 5.78 Å². The molecule has 0 aromatic heterocycles. The van der Waals surface area contributed by atoms with Gasteiger partial charge in [-0.05, 0) is 92.9 Å². The number of carbonyl (C=O) groups is 2. The van der Waals surface area contributed by atoms with Gasteiger partial charge in [-0.3, -0.25) is 14.5 Å². The average Bonchev–Trinajstić information content (AvgIpc) is 2.72. The van der Waals surface area contributed by atoms with Gasteiger partial charge in [0.1, 0.15) is 0 Å². The van der Waals surface area contributed by atoms with Gasteiger partial charge in [-0.15, -0.1) is 0 Å². The molecule has 4 bridgehead atoms. The summed E-state index contributed by atoms with van der Waals surface area (Å²) in [6, 6.07) is 7.87. The van der Waals surface area contributed by atoms with Crippen molar-refractivity contribution >= 4 is 17.4 Å². The lowest BCUT2D eigenvalue weighted by Gasteiger charge is -2.57. The lowest BCUT2D eigenvalue weighted by molar-refractivity contribution is -0.124. The van der Waals surface area contributed by atoms with Crippen LogP contribution in [-0.4, -0.2) is 55.9 Å². The second-order valence-corrected chi connectivity index (χ2v) is 10.6. The Hall–Kier alpha value is -1.88. The second-order valence-electron chi connectivity index (χ2n) is 10.6. The summed E-state index contributed by atoms with van der Waals surface area (Å²) >= 11 is 0. The molecule has 1 amide bonds. The van der Waals surface area contributed by atoms with Gasteiger partial charge in [0, 0.05) is 44.0 Å². The quantitative estimate of drug-likeness (QED) is 0.732. The van der Waals surface area contributed by atoms with Crippen LogP contribution in [0.3, 0.4) is 0 Å². The number of carbonyl (C=O) groups excluding carboxylic acids is 2. The number of hydrogen-bond acceptors (Lipinski definition) is 4. The topological polar surface area (TPSA) is 52.7 Å². The minimum absolute atomic E-state index is 0.103. The van der Waals surface area contributed by atoms with Crippen molar-refractivity contribution in [2.45, 2.75) is 45.4 Å². The van der Waals surface area contributed by atoms with Crippen LogP contribution in [0, 0.1) is 23.2 Å². The Morgan fingerprint density at radius 2 is 1.50 bits per heavy atom. The zero-order valence-corrected chi connectivity index (χ0v) is 18.2. The van der Waals surface area contributed by atoms with Crippen molar-refractivity contribution in [3.8, 4) is 0 Å². The average molecular weight is 410 g/mol. The highest BCUT2D eigenvalue weighted by Gasteiger charge is 2.50. The monoisotopic (exact) mass is 409 g/mol. The molecule has 5 nitrogen and oxygen atoms in total. The number of ketones is 1. The van der Waals surface area contributed by atoms with Crippen molar-refractivity contribution in [1.29, 1.82) is 0 Å². The first-order chi connectivity index (χ1) is 14.5. The van der Waals surface area contributed by atoms with E-state index in [1.54, 1.807) is 6.92 Å². The first-order valence-electron chi connectivity index (χ1n) is 11.8. The molecule has 0 spiro atoms. The predicted molar refractivity (Wildman–Crippen MR) is 119 cm³/mol. The van der Waals surface area contributed by atoms with E-state index in [1.807, 2.05) is 24.3 Å². The molecule has 0 unspecified atom stereocenters. The summed E-state index contributed by atoms with van der Waals surface area (Å²) in [5.74, 6) is 3.11. The molecule has 5 aliphatic rings. The Balaban J connectivity index is 1.08. The van der Waals surface area contributed by atoms with Gasteiger partial charge in [0.2, 0.25) is 5.91 Å². The maximum atomic E-state index is 12.7. The Bertz CT molecular complexity index is 760. The number of rotatable bonds is 6. The lowest BCUT2D eigenvalue weighted by Crippen LogP contribution is -2.53. The number of Topliss-reactive ketones (excluding diaryl/α,β-unsaturated/α-hetero) is 1. The van der Waals surface area contributed by atoms with Crippen molar-refractivity contribution in [3.63, 3.8) is 0 Å². The Kier molecular flexibility index (Phi) is 5.34. The van der Waals surface area contributed by atoms with Crippen LogP contribution in [0.15, 0.2) is 24.3 Å². The van der Waals surface area contributed by atoms with Crippen LogP contribution < -0.4 is 10.2 Å². The summed E-state index contributed by atoms with van der Waals surface area (Å²) < 4.78 is 0. The van der Waals surface area contributed by atoms with E-state index in [0.29, 0.717) is 12.0 Å². The molecule has 4 aliphatic carbocycles. The molecule has 0 radical (unpaired) electrons. The summed E-state index contributed by atoms with van der Waals surface area (Å²) in [5, 5.41) is 3.32. The molecule has 4 saturated carbocycles. The van der Waals surface area contributed by atoms with E-state index >= 15 is 0 Å². The van der Waals surface area contributed by atoms with Gasteiger partial charge >= 0.3 is 0 Å². The maximum Gasteiger partial charge on any atom is 0.234 e. The van der Waals surface area contributed by atoms with E-state index in [1.165, 1.54) is 38.5 Å². The van der Waals surface area contributed by atoms with Crippen LogP contribution in [0.1, 0.15) is 55.8 Å². The van der Waals surface area contributed by atoms with Gasteiger partial charge in [-0.25, -0.2) is 0 Å². The van der Waals surface area contributed by atoms with Crippen LogP contribution in [-0.2, 0) is 4.79 Å². The van der Waals surface area contributed by atoms with Crippen LogP contribution in [0.25, 0.3) is 0 Å². The van der Waals surface area contributed by atoms with Gasteiger partial charge in [0.25, 0.3) is 0 Å².